The average molecular weight is 326 g/mol. The molecule has 0 aliphatic carbocycles. The van der Waals surface area contributed by atoms with Gasteiger partial charge in [0.25, 0.3) is 0 Å². The van der Waals surface area contributed by atoms with Crippen molar-refractivity contribution in [1.29, 1.82) is 0 Å². The molecule has 2 rings (SSSR count). The number of benzene rings is 2. The third-order valence-corrected chi connectivity index (χ3v) is 4.57. The van der Waals surface area contributed by atoms with Crippen molar-refractivity contribution >= 4 is 11.9 Å². The fraction of sp³-hybridized carbons (Fsp3) is 0.300. The summed E-state index contributed by atoms with van der Waals surface area (Å²) < 4.78 is 0. The summed E-state index contributed by atoms with van der Waals surface area (Å²) in [5, 5.41) is 19.2. The maximum atomic E-state index is 12.1. The van der Waals surface area contributed by atoms with Crippen LogP contribution in [0.2, 0.25) is 0 Å². The van der Waals surface area contributed by atoms with Gasteiger partial charge in [0.1, 0.15) is 5.41 Å². The molecule has 0 saturated heterocycles. The highest BCUT2D eigenvalue weighted by atomic mass is 16.4. The number of rotatable bonds is 5. The van der Waals surface area contributed by atoms with Crippen molar-refractivity contribution in [2.45, 2.75) is 39.0 Å². The molecule has 0 aliphatic rings. The molecule has 2 aromatic rings. The monoisotopic (exact) mass is 326 g/mol. The topological polar surface area (TPSA) is 74.6 Å². The minimum atomic E-state index is -1.25. The number of carboxylic acids is 2. The first-order valence-corrected chi connectivity index (χ1v) is 7.81. The van der Waals surface area contributed by atoms with Crippen LogP contribution >= 0.6 is 0 Å². The summed E-state index contributed by atoms with van der Waals surface area (Å²) in [5.74, 6) is -2.59. The van der Waals surface area contributed by atoms with E-state index in [9.17, 15) is 19.8 Å². The third-order valence-electron chi connectivity index (χ3n) is 4.57. The van der Waals surface area contributed by atoms with E-state index in [0.29, 0.717) is 16.7 Å². The highest BCUT2D eigenvalue weighted by Gasteiger charge is 2.38. The summed E-state index contributed by atoms with van der Waals surface area (Å²) in [5.41, 5.74) is 2.45. The van der Waals surface area contributed by atoms with Gasteiger partial charge in [0.05, 0.1) is 5.92 Å². The molecule has 0 saturated carbocycles. The first kappa shape index (κ1) is 17.7. The van der Waals surface area contributed by atoms with Gasteiger partial charge in [-0.2, -0.15) is 0 Å². The van der Waals surface area contributed by atoms with Gasteiger partial charge in [-0.25, -0.2) is 0 Å². The lowest BCUT2D eigenvalue weighted by atomic mass is 9.74. The van der Waals surface area contributed by atoms with E-state index < -0.39 is 23.3 Å². The summed E-state index contributed by atoms with van der Waals surface area (Å²) in [6.07, 6.45) is 0. The predicted octanol–water partition coefficient (Wildman–Crippen LogP) is 3.88. The Morgan fingerprint density at radius 1 is 0.958 bits per heavy atom. The van der Waals surface area contributed by atoms with Crippen LogP contribution in [0.15, 0.2) is 42.5 Å². The fourth-order valence-corrected chi connectivity index (χ4v) is 2.86. The van der Waals surface area contributed by atoms with Crippen LogP contribution in [0.3, 0.4) is 0 Å². The largest absolute Gasteiger partial charge is 0.481 e. The van der Waals surface area contributed by atoms with Gasteiger partial charge in [0.15, 0.2) is 0 Å². The summed E-state index contributed by atoms with van der Waals surface area (Å²) in [4.78, 5) is 23.4. The van der Waals surface area contributed by atoms with Crippen molar-refractivity contribution in [3.05, 3.63) is 70.3 Å². The maximum absolute atomic E-state index is 12.1. The van der Waals surface area contributed by atoms with Crippen molar-refractivity contribution in [3.8, 4) is 0 Å². The first-order chi connectivity index (χ1) is 11.2. The molecule has 4 heteroatoms. The predicted molar refractivity (Wildman–Crippen MR) is 92.5 cm³/mol. The Bertz CT molecular complexity index is 794. The quantitative estimate of drug-likeness (QED) is 0.874. The Balaban J connectivity index is 2.69. The Kier molecular flexibility index (Phi) is 4.78. The molecule has 0 aliphatic heterocycles. The van der Waals surface area contributed by atoms with E-state index in [2.05, 4.69) is 0 Å². The molecule has 0 fully saturated rings. The molecule has 2 N–H and O–H groups in total. The lowest BCUT2D eigenvalue weighted by Crippen LogP contribution is -2.34. The van der Waals surface area contributed by atoms with Crippen molar-refractivity contribution in [1.82, 2.24) is 0 Å². The summed E-state index contributed by atoms with van der Waals surface area (Å²) in [6.45, 7) is 7.03. The fourth-order valence-electron chi connectivity index (χ4n) is 2.86. The summed E-state index contributed by atoms with van der Waals surface area (Å²) >= 11 is 0. The molecule has 24 heavy (non-hydrogen) atoms. The van der Waals surface area contributed by atoms with Crippen LogP contribution in [0.4, 0.5) is 0 Å². The lowest BCUT2D eigenvalue weighted by Gasteiger charge is -2.28. The molecule has 2 aromatic carbocycles. The van der Waals surface area contributed by atoms with Crippen LogP contribution in [-0.2, 0) is 15.0 Å². The van der Waals surface area contributed by atoms with Gasteiger partial charge in [0.2, 0.25) is 0 Å². The van der Waals surface area contributed by atoms with Gasteiger partial charge < -0.3 is 10.2 Å². The van der Waals surface area contributed by atoms with Crippen molar-refractivity contribution in [2.24, 2.45) is 0 Å². The van der Waals surface area contributed by atoms with Crippen LogP contribution in [0.1, 0.15) is 47.6 Å². The molecule has 4 nitrogen and oxygen atoms in total. The smallest absolute Gasteiger partial charge is 0.318 e. The SMILES string of the molecule is Cc1cccc(C(C)(C(=O)O)c2cc(C)cc(C(C)C(=O)O)c2)c1. The Hall–Kier alpha value is -2.62. The van der Waals surface area contributed by atoms with Crippen LogP contribution in [0.25, 0.3) is 0 Å². The minimum Gasteiger partial charge on any atom is -0.481 e. The molecule has 2 unspecified atom stereocenters. The van der Waals surface area contributed by atoms with Gasteiger partial charge in [-0.15, -0.1) is 0 Å². The molecule has 0 heterocycles. The summed E-state index contributed by atoms with van der Waals surface area (Å²) in [7, 11) is 0. The van der Waals surface area contributed by atoms with E-state index in [1.54, 1.807) is 32.0 Å². The molecule has 0 spiro atoms. The minimum absolute atomic E-state index is 0.587. The number of aliphatic carboxylic acids is 2. The van der Waals surface area contributed by atoms with Crippen molar-refractivity contribution in [3.63, 3.8) is 0 Å². The second-order valence-electron chi connectivity index (χ2n) is 6.49. The zero-order chi connectivity index (χ0) is 18.1. The Morgan fingerprint density at radius 3 is 2.12 bits per heavy atom. The van der Waals surface area contributed by atoms with E-state index in [0.717, 1.165) is 11.1 Å². The zero-order valence-electron chi connectivity index (χ0n) is 14.3. The van der Waals surface area contributed by atoms with E-state index in [1.807, 2.05) is 38.1 Å². The first-order valence-electron chi connectivity index (χ1n) is 7.81. The van der Waals surface area contributed by atoms with Crippen LogP contribution in [-0.4, -0.2) is 22.2 Å². The molecular formula is C20H22O4. The Labute approximate surface area is 141 Å². The number of aryl methyl sites for hydroxylation is 2. The third kappa shape index (κ3) is 3.18. The number of hydrogen-bond acceptors (Lipinski definition) is 2. The second-order valence-corrected chi connectivity index (χ2v) is 6.49. The van der Waals surface area contributed by atoms with Crippen LogP contribution < -0.4 is 0 Å². The highest BCUT2D eigenvalue weighted by Crippen LogP contribution is 2.35. The van der Waals surface area contributed by atoms with Crippen molar-refractivity contribution < 1.29 is 19.8 Å². The molecule has 2 atom stereocenters. The molecular weight excluding hydrogens is 304 g/mol. The van der Waals surface area contributed by atoms with Crippen LogP contribution in [0, 0.1) is 13.8 Å². The van der Waals surface area contributed by atoms with Crippen molar-refractivity contribution in [2.75, 3.05) is 0 Å². The molecule has 0 bridgehead atoms. The van der Waals surface area contributed by atoms with Crippen LogP contribution in [0.5, 0.6) is 0 Å². The van der Waals surface area contributed by atoms with E-state index in [-0.39, 0.29) is 0 Å². The standard InChI is InChI=1S/C20H22O4/c1-12-6-5-7-16(9-12)20(4,19(23)24)17-10-13(2)8-15(11-17)14(3)18(21)22/h5-11,14H,1-4H3,(H,21,22)(H,23,24). The van der Waals surface area contributed by atoms with Gasteiger partial charge in [-0.1, -0.05) is 53.6 Å². The average Bonchev–Trinajstić information content (AvgIpc) is 2.52. The lowest BCUT2D eigenvalue weighted by molar-refractivity contribution is -0.141. The maximum Gasteiger partial charge on any atom is 0.318 e. The van der Waals surface area contributed by atoms with E-state index in [4.69, 9.17) is 0 Å². The normalized spacial score (nSPS) is 14.7. The Morgan fingerprint density at radius 2 is 1.58 bits per heavy atom. The number of carbonyl (C=O) groups is 2. The van der Waals surface area contributed by atoms with Gasteiger partial charge in [-0.05, 0) is 44.4 Å². The highest BCUT2D eigenvalue weighted by molar-refractivity contribution is 5.86. The van der Waals surface area contributed by atoms with E-state index >= 15 is 0 Å². The molecule has 126 valence electrons. The molecule has 0 radical (unpaired) electrons. The number of hydrogen-bond donors (Lipinski definition) is 2. The van der Waals surface area contributed by atoms with E-state index in [1.165, 1.54) is 0 Å². The van der Waals surface area contributed by atoms with Gasteiger partial charge >= 0.3 is 11.9 Å². The summed E-state index contributed by atoms with van der Waals surface area (Å²) in [6, 6.07) is 12.7. The molecule has 0 aromatic heterocycles. The zero-order valence-corrected chi connectivity index (χ0v) is 14.3. The second kappa shape index (κ2) is 6.48. The van der Waals surface area contributed by atoms with Gasteiger partial charge in [0, 0.05) is 0 Å². The molecule has 0 amide bonds. The van der Waals surface area contributed by atoms with Gasteiger partial charge in [-0.3, -0.25) is 9.59 Å². The number of carboxylic acid groups (broad SMARTS) is 2.